The third-order valence-electron chi connectivity index (χ3n) is 4.15. The summed E-state index contributed by atoms with van der Waals surface area (Å²) in [4.78, 5) is 0. The lowest BCUT2D eigenvalue weighted by molar-refractivity contribution is 0.476. The fourth-order valence-electron chi connectivity index (χ4n) is 3.01. The van der Waals surface area contributed by atoms with Gasteiger partial charge in [-0.15, -0.1) is 0 Å². The average molecular weight is 296 g/mol. The first kappa shape index (κ1) is 13.6. The van der Waals surface area contributed by atoms with E-state index < -0.39 is 0 Å². The lowest BCUT2D eigenvalue weighted by Crippen LogP contribution is -1.83. The zero-order valence-electron chi connectivity index (χ0n) is 12.6. The topological polar surface area (TPSA) is 20.2 Å². The Labute approximate surface area is 135 Å². The van der Waals surface area contributed by atoms with Crippen LogP contribution in [0.3, 0.4) is 0 Å². The van der Waals surface area contributed by atoms with Gasteiger partial charge in [-0.3, -0.25) is 0 Å². The Bertz CT molecular complexity index is 954. The van der Waals surface area contributed by atoms with Crippen LogP contribution >= 0.6 is 0 Å². The highest BCUT2D eigenvalue weighted by Crippen LogP contribution is 2.33. The first-order valence-electron chi connectivity index (χ1n) is 7.69. The summed E-state index contributed by atoms with van der Waals surface area (Å²) in [5, 5.41) is 12.2. The predicted octanol–water partition coefficient (Wildman–Crippen LogP) is 5.88. The van der Waals surface area contributed by atoms with E-state index >= 15 is 0 Å². The normalized spacial score (nSPS) is 10.8. The van der Waals surface area contributed by atoms with Gasteiger partial charge in [-0.2, -0.15) is 0 Å². The largest absolute Gasteiger partial charge is 0.508 e. The van der Waals surface area contributed by atoms with Gasteiger partial charge < -0.3 is 5.11 Å². The minimum absolute atomic E-state index is 0.297. The van der Waals surface area contributed by atoms with Gasteiger partial charge in [-0.1, -0.05) is 78.9 Å². The standard InChI is InChI=1S/C22H16O/c23-20-14-19-8-4-5-9-21(19)22(15-20)18-12-10-17(11-13-18)16-6-2-1-3-7-16/h1-15,23H. The second-order valence-electron chi connectivity index (χ2n) is 5.66. The van der Waals surface area contributed by atoms with Crippen molar-refractivity contribution in [1.29, 1.82) is 0 Å². The fraction of sp³-hybridized carbons (Fsp3) is 0. The molecule has 0 amide bonds. The van der Waals surface area contributed by atoms with Crippen LogP contribution in [0.15, 0.2) is 91.0 Å². The molecule has 0 aliphatic heterocycles. The van der Waals surface area contributed by atoms with E-state index in [-0.39, 0.29) is 0 Å². The molecule has 4 rings (SSSR count). The summed E-state index contributed by atoms with van der Waals surface area (Å²) < 4.78 is 0. The summed E-state index contributed by atoms with van der Waals surface area (Å²) in [6.07, 6.45) is 0. The molecule has 0 heterocycles. The SMILES string of the molecule is Oc1cc(-c2ccc(-c3ccccc3)cc2)c2ccccc2c1. The van der Waals surface area contributed by atoms with Crippen LogP contribution in [-0.2, 0) is 0 Å². The van der Waals surface area contributed by atoms with Gasteiger partial charge in [0.25, 0.3) is 0 Å². The minimum atomic E-state index is 0.297. The van der Waals surface area contributed by atoms with Crippen LogP contribution in [0, 0.1) is 0 Å². The quantitative estimate of drug-likeness (QED) is 0.490. The number of hydrogen-bond acceptors (Lipinski definition) is 1. The molecule has 0 radical (unpaired) electrons. The lowest BCUT2D eigenvalue weighted by Gasteiger charge is -2.09. The second-order valence-corrected chi connectivity index (χ2v) is 5.66. The van der Waals surface area contributed by atoms with Crippen LogP contribution in [0.1, 0.15) is 0 Å². The molecular formula is C22H16O. The summed E-state index contributed by atoms with van der Waals surface area (Å²) in [6, 6.07) is 30.6. The Morgan fingerprint density at radius 1 is 0.522 bits per heavy atom. The molecule has 0 saturated heterocycles. The number of aromatic hydroxyl groups is 1. The fourth-order valence-corrected chi connectivity index (χ4v) is 3.01. The molecule has 110 valence electrons. The molecule has 1 heteroatoms. The van der Waals surface area contributed by atoms with E-state index in [0.717, 1.165) is 21.9 Å². The van der Waals surface area contributed by atoms with Crippen molar-refractivity contribution in [3.63, 3.8) is 0 Å². The summed E-state index contributed by atoms with van der Waals surface area (Å²) in [5.74, 6) is 0.297. The highest BCUT2D eigenvalue weighted by atomic mass is 16.3. The van der Waals surface area contributed by atoms with Gasteiger partial charge in [0.2, 0.25) is 0 Å². The van der Waals surface area contributed by atoms with Gasteiger partial charge in [0.05, 0.1) is 0 Å². The van der Waals surface area contributed by atoms with Crippen molar-refractivity contribution in [3.05, 3.63) is 91.0 Å². The van der Waals surface area contributed by atoms with Gasteiger partial charge in [-0.25, -0.2) is 0 Å². The molecule has 0 fully saturated rings. The summed E-state index contributed by atoms with van der Waals surface area (Å²) >= 11 is 0. The zero-order chi connectivity index (χ0) is 15.6. The molecule has 4 aromatic rings. The Morgan fingerprint density at radius 2 is 1.13 bits per heavy atom. The lowest BCUT2D eigenvalue weighted by atomic mass is 9.96. The van der Waals surface area contributed by atoms with Crippen molar-refractivity contribution in [3.8, 4) is 28.0 Å². The van der Waals surface area contributed by atoms with Crippen LogP contribution in [0.4, 0.5) is 0 Å². The molecule has 4 aromatic carbocycles. The van der Waals surface area contributed by atoms with Crippen LogP contribution in [-0.4, -0.2) is 5.11 Å². The third-order valence-corrected chi connectivity index (χ3v) is 4.15. The molecule has 0 aliphatic rings. The molecule has 0 spiro atoms. The van der Waals surface area contributed by atoms with Crippen molar-refractivity contribution in [2.75, 3.05) is 0 Å². The number of fused-ring (bicyclic) bond motifs is 1. The van der Waals surface area contributed by atoms with Crippen LogP contribution in [0.25, 0.3) is 33.0 Å². The number of rotatable bonds is 2. The van der Waals surface area contributed by atoms with E-state index in [0.29, 0.717) is 5.75 Å². The Kier molecular flexibility index (Phi) is 3.32. The molecule has 1 N–H and O–H groups in total. The van der Waals surface area contributed by atoms with E-state index in [1.165, 1.54) is 11.1 Å². The van der Waals surface area contributed by atoms with Crippen molar-refractivity contribution in [2.45, 2.75) is 0 Å². The number of phenolic OH excluding ortho intramolecular Hbond substituents is 1. The molecule has 0 aromatic heterocycles. The summed E-state index contributed by atoms with van der Waals surface area (Å²) in [5.41, 5.74) is 4.57. The monoisotopic (exact) mass is 296 g/mol. The Morgan fingerprint density at radius 3 is 1.91 bits per heavy atom. The van der Waals surface area contributed by atoms with E-state index in [4.69, 9.17) is 0 Å². The summed E-state index contributed by atoms with van der Waals surface area (Å²) in [6.45, 7) is 0. The molecule has 0 saturated carbocycles. The van der Waals surface area contributed by atoms with Crippen LogP contribution in [0.2, 0.25) is 0 Å². The van der Waals surface area contributed by atoms with E-state index in [2.05, 4.69) is 42.5 Å². The van der Waals surface area contributed by atoms with Gasteiger partial charge in [0.1, 0.15) is 5.75 Å². The number of hydrogen-bond donors (Lipinski definition) is 1. The van der Waals surface area contributed by atoms with Crippen molar-refractivity contribution in [2.24, 2.45) is 0 Å². The van der Waals surface area contributed by atoms with E-state index in [9.17, 15) is 5.11 Å². The number of benzene rings is 4. The maximum atomic E-state index is 10.0. The zero-order valence-corrected chi connectivity index (χ0v) is 12.6. The van der Waals surface area contributed by atoms with Crippen molar-refractivity contribution >= 4 is 10.8 Å². The minimum Gasteiger partial charge on any atom is -0.508 e. The van der Waals surface area contributed by atoms with Crippen LogP contribution < -0.4 is 0 Å². The van der Waals surface area contributed by atoms with Crippen LogP contribution in [0.5, 0.6) is 5.75 Å². The smallest absolute Gasteiger partial charge is 0.116 e. The molecule has 0 unspecified atom stereocenters. The van der Waals surface area contributed by atoms with E-state index in [1.807, 2.05) is 42.5 Å². The summed E-state index contributed by atoms with van der Waals surface area (Å²) in [7, 11) is 0. The molecule has 23 heavy (non-hydrogen) atoms. The molecule has 0 aliphatic carbocycles. The highest BCUT2D eigenvalue weighted by Gasteiger charge is 2.06. The highest BCUT2D eigenvalue weighted by molar-refractivity contribution is 5.98. The molecule has 1 nitrogen and oxygen atoms in total. The van der Waals surface area contributed by atoms with Gasteiger partial charge in [-0.05, 0) is 45.2 Å². The molecule has 0 atom stereocenters. The first-order chi connectivity index (χ1) is 11.3. The van der Waals surface area contributed by atoms with Gasteiger partial charge in [0, 0.05) is 0 Å². The van der Waals surface area contributed by atoms with Crippen molar-refractivity contribution in [1.82, 2.24) is 0 Å². The number of phenols is 1. The Hall–Kier alpha value is -3.06. The molecular weight excluding hydrogens is 280 g/mol. The van der Waals surface area contributed by atoms with Gasteiger partial charge in [0.15, 0.2) is 0 Å². The van der Waals surface area contributed by atoms with Crippen molar-refractivity contribution < 1.29 is 5.11 Å². The predicted molar refractivity (Wildman–Crippen MR) is 96.5 cm³/mol. The Balaban J connectivity index is 1.83. The van der Waals surface area contributed by atoms with E-state index in [1.54, 1.807) is 6.07 Å². The average Bonchev–Trinajstić information content (AvgIpc) is 2.62. The maximum absolute atomic E-state index is 10.0. The molecule has 0 bridgehead atoms. The maximum Gasteiger partial charge on any atom is 0.116 e. The third kappa shape index (κ3) is 2.58. The first-order valence-corrected chi connectivity index (χ1v) is 7.69. The van der Waals surface area contributed by atoms with Gasteiger partial charge >= 0.3 is 0 Å². The second kappa shape index (κ2) is 5.62.